The van der Waals surface area contributed by atoms with E-state index in [-0.39, 0.29) is 24.0 Å². The Morgan fingerprint density at radius 3 is 2.92 bits per heavy atom. The van der Waals surface area contributed by atoms with Crippen molar-refractivity contribution < 1.29 is 0 Å². The molecule has 0 amide bonds. The maximum absolute atomic E-state index is 4.71. The molecule has 0 aliphatic carbocycles. The minimum atomic E-state index is 0. The van der Waals surface area contributed by atoms with Gasteiger partial charge in [-0.25, -0.2) is 4.99 Å². The van der Waals surface area contributed by atoms with Crippen LogP contribution in [0.15, 0.2) is 4.99 Å². The summed E-state index contributed by atoms with van der Waals surface area (Å²) in [5.41, 5.74) is 0. The molecule has 2 heterocycles. The first-order valence-corrected chi connectivity index (χ1v) is 10.7. The maximum atomic E-state index is 4.71. The molecule has 1 aliphatic heterocycles. The molecule has 1 atom stereocenters. The van der Waals surface area contributed by atoms with Crippen LogP contribution >= 0.6 is 47.5 Å². The Kier molecular flexibility index (Phi) is 11.2. The van der Waals surface area contributed by atoms with E-state index >= 15 is 0 Å². The van der Waals surface area contributed by atoms with E-state index in [0.29, 0.717) is 12.6 Å². The second-order valence-corrected chi connectivity index (χ2v) is 7.85. The summed E-state index contributed by atoms with van der Waals surface area (Å²) in [6, 6.07) is 0.516. The fraction of sp³-hybridized carbons (Fsp3) is 0.800. The van der Waals surface area contributed by atoms with Gasteiger partial charge in [-0.2, -0.15) is 23.5 Å². The van der Waals surface area contributed by atoms with Crippen LogP contribution in [0.4, 0.5) is 0 Å². The molecule has 1 unspecified atom stereocenters. The quantitative estimate of drug-likeness (QED) is 0.268. The molecule has 138 valence electrons. The predicted octanol–water partition coefficient (Wildman–Crippen LogP) is 2.43. The van der Waals surface area contributed by atoms with Crippen molar-refractivity contribution in [1.29, 1.82) is 0 Å². The molecular weight excluding hydrogens is 455 g/mol. The van der Waals surface area contributed by atoms with Gasteiger partial charge in [-0.3, -0.25) is 0 Å². The number of guanidine groups is 1. The predicted molar refractivity (Wildman–Crippen MR) is 117 cm³/mol. The zero-order valence-corrected chi connectivity index (χ0v) is 18.7. The van der Waals surface area contributed by atoms with Crippen LogP contribution in [-0.4, -0.2) is 56.8 Å². The number of nitrogens with zero attached hydrogens (tertiary/aromatic N) is 4. The molecule has 1 saturated heterocycles. The lowest BCUT2D eigenvalue weighted by molar-refractivity contribution is 0.579. The van der Waals surface area contributed by atoms with Gasteiger partial charge in [0.1, 0.15) is 12.4 Å². The summed E-state index contributed by atoms with van der Waals surface area (Å²) in [6.45, 7) is 3.46. The van der Waals surface area contributed by atoms with Gasteiger partial charge in [-0.05, 0) is 43.9 Å². The first-order chi connectivity index (χ1) is 11.2. The molecule has 1 aliphatic rings. The minimum absolute atomic E-state index is 0. The molecule has 1 fully saturated rings. The second kappa shape index (κ2) is 12.2. The lowest BCUT2D eigenvalue weighted by Crippen LogP contribution is -2.46. The summed E-state index contributed by atoms with van der Waals surface area (Å²) in [5.74, 6) is 6.33. The van der Waals surface area contributed by atoms with Crippen molar-refractivity contribution >= 4 is 53.5 Å². The zero-order valence-electron chi connectivity index (χ0n) is 14.7. The second-order valence-electron chi connectivity index (χ2n) is 5.72. The van der Waals surface area contributed by atoms with Crippen molar-refractivity contribution in [1.82, 2.24) is 25.4 Å². The van der Waals surface area contributed by atoms with Gasteiger partial charge in [-0.1, -0.05) is 0 Å². The summed E-state index contributed by atoms with van der Waals surface area (Å²) >= 11 is 3.90. The third-order valence-electron chi connectivity index (χ3n) is 3.88. The first-order valence-electron chi connectivity index (χ1n) is 8.17. The number of aliphatic imine (C=N–C) groups is 1. The topological polar surface area (TPSA) is 67.1 Å². The van der Waals surface area contributed by atoms with E-state index in [9.17, 15) is 0 Å². The molecule has 0 radical (unpaired) electrons. The van der Waals surface area contributed by atoms with E-state index in [1.165, 1.54) is 24.3 Å². The van der Waals surface area contributed by atoms with Gasteiger partial charge in [0.15, 0.2) is 11.8 Å². The summed E-state index contributed by atoms with van der Waals surface area (Å²) in [6.07, 6.45) is 5.79. The molecular formula is C15H29IN6S2. The van der Waals surface area contributed by atoms with Crippen LogP contribution in [0, 0.1) is 6.92 Å². The largest absolute Gasteiger partial charge is 0.356 e. The summed E-state index contributed by atoms with van der Waals surface area (Å²) in [5, 5.41) is 15.3. The Balaban J connectivity index is 0.00000288. The zero-order chi connectivity index (χ0) is 16.5. The number of hydrogen-bond donors (Lipinski definition) is 2. The maximum Gasteiger partial charge on any atom is 0.191 e. The van der Waals surface area contributed by atoms with Crippen LogP contribution in [0.3, 0.4) is 0 Å². The van der Waals surface area contributed by atoms with Crippen molar-refractivity contribution in [3.05, 3.63) is 11.6 Å². The van der Waals surface area contributed by atoms with Crippen LogP contribution in [0.1, 0.15) is 30.9 Å². The average molecular weight is 484 g/mol. The molecule has 0 spiro atoms. The molecule has 24 heavy (non-hydrogen) atoms. The lowest BCUT2D eigenvalue weighted by atomic mass is 10.2. The smallest absolute Gasteiger partial charge is 0.191 e. The molecule has 2 rings (SSSR count). The van der Waals surface area contributed by atoms with Gasteiger partial charge in [0.2, 0.25) is 0 Å². The lowest BCUT2D eigenvalue weighted by Gasteiger charge is -2.24. The molecule has 6 nitrogen and oxygen atoms in total. The van der Waals surface area contributed by atoms with Crippen LogP contribution < -0.4 is 10.6 Å². The Bertz CT molecular complexity index is 502. The summed E-state index contributed by atoms with van der Waals surface area (Å²) in [4.78, 5) is 4.71. The van der Waals surface area contributed by atoms with Crippen molar-refractivity contribution in [3.8, 4) is 0 Å². The minimum Gasteiger partial charge on any atom is -0.356 e. The van der Waals surface area contributed by atoms with Gasteiger partial charge in [0.05, 0.1) is 0 Å². The molecule has 9 heteroatoms. The Hall–Kier alpha value is -0.160. The van der Waals surface area contributed by atoms with Crippen LogP contribution in [-0.2, 0) is 13.6 Å². The summed E-state index contributed by atoms with van der Waals surface area (Å²) < 4.78 is 1.99. The third kappa shape index (κ3) is 7.38. The number of hydrogen-bond acceptors (Lipinski definition) is 5. The number of rotatable bonds is 7. The third-order valence-corrected chi connectivity index (χ3v) is 5.79. The molecule has 0 aromatic carbocycles. The van der Waals surface area contributed by atoms with E-state index in [2.05, 4.69) is 27.1 Å². The van der Waals surface area contributed by atoms with Gasteiger partial charge in [0.25, 0.3) is 0 Å². The van der Waals surface area contributed by atoms with Crippen molar-refractivity contribution in [3.63, 3.8) is 0 Å². The van der Waals surface area contributed by atoms with Crippen LogP contribution in [0.2, 0.25) is 0 Å². The fourth-order valence-electron chi connectivity index (χ4n) is 2.36. The molecule has 1 aromatic heterocycles. The monoisotopic (exact) mass is 484 g/mol. The highest BCUT2D eigenvalue weighted by Gasteiger charge is 2.15. The van der Waals surface area contributed by atoms with Gasteiger partial charge in [0, 0.05) is 25.4 Å². The Morgan fingerprint density at radius 1 is 1.46 bits per heavy atom. The normalized spacial score (nSPS) is 18.1. The highest BCUT2D eigenvalue weighted by molar-refractivity contribution is 14.0. The molecule has 2 N–H and O–H groups in total. The van der Waals surface area contributed by atoms with Gasteiger partial charge >= 0.3 is 0 Å². The highest BCUT2D eigenvalue weighted by Crippen LogP contribution is 2.16. The van der Waals surface area contributed by atoms with E-state index in [4.69, 9.17) is 4.99 Å². The molecule has 1 aromatic rings. The van der Waals surface area contributed by atoms with E-state index in [1.807, 2.05) is 42.1 Å². The van der Waals surface area contributed by atoms with Crippen molar-refractivity contribution in [2.75, 3.05) is 30.1 Å². The number of nitrogens with one attached hydrogen (secondary N) is 2. The number of halogens is 1. The van der Waals surface area contributed by atoms with Gasteiger partial charge in [-0.15, -0.1) is 34.2 Å². The van der Waals surface area contributed by atoms with E-state index in [1.54, 1.807) is 0 Å². The van der Waals surface area contributed by atoms with E-state index in [0.717, 1.165) is 36.3 Å². The summed E-state index contributed by atoms with van der Waals surface area (Å²) in [7, 11) is 1.98. The molecule has 0 bridgehead atoms. The number of thioether (sulfide) groups is 2. The fourth-order valence-corrected chi connectivity index (χ4v) is 3.87. The van der Waals surface area contributed by atoms with Crippen LogP contribution in [0.5, 0.6) is 0 Å². The first kappa shape index (κ1) is 21.9. The Labute approximate surface area is 170 Å². The van der Waals surface area contributed by atoms with Gasteiger partial charge < -0.3 is 15.2 Å². The van der Waals surface area contributed by atoms with Crippen molar-refractivity contribution in [2.45, 2.75) is 38.8 Å². The number of aryl methyl sites for hydroxylation is 1. The standard InChI is InChI=1S/C15H28N6S2.HI/c1-12-19-20-14(21(12)2)10-17-15(16-7-5-8-22-3)18-13-6-4-9-23-11-13;/h13H,4-11H2,1-3H3,(H2,16,17,18);1H. The average Bonchev–Trinajstić information content (AvgIpc) is 2.89. The number of aromatic nitrogens is 3. The van der Waals surface area contributed by atoms with Crippen LogP contribution in [0.25, 0.3) is 0 Å². The highest BCUT2D eigenvalue weighted by atomic mass is 127. The SMILES string of the molecule is CSCCCNC(=NCc1nnc(C)n1C)NC1CCCSC1.I. The molecule has 0 saturated carbocycles. The Morgan fingerprint density at radius 2 is 2.29 bits per heavy atom. The van der Waals surface area contributed by atoms with Crippen molar-refractivity contribution in [2.24, 2.45) is 12.0 Å². The van der Waals surface area contributed by atoms with E-state index < -0.39 is 0 Å².